The maximum Gasteiger partial charge on any atom is 0.264 e. The van der Waals surface area contributed by atoms with Gasteiger partial charge < -0.3 is 4.74 Å². The van der Waals surface area contributed by atoms with Crippen LogP contribution in [0.25, 0.3) is 0 Å². The molecule has 122 valence electrons. The Morgan fingerprint density at radius 2 is 1.29 bits per heavy atom. The zero-order valence-electron chi connectivity index (χ0n) is 12.1. The van der Waals surface area contributed by atoms with Crippen molar-refractivity contribution in [2.24, 2.45) is 10.8 Å². The van der Waals surface area contributed by atoms with Crippen molar-refractivity contribution in [3.8, 4) is 0 Å². The summed E-state index contributed by atoms with van der Waals surface area (Å²) in [6.07, 6.45) is 7.00. The van der Waals surface area contributed by atoms with E-state index in [0.29, 0.717) is 26.1 Å². The van der Waals surface area contributed by atoms with Crippen molar-refractivity contribution in [3.63, 3.8) is 0 Å². The highest BCUT2D eigenvalue weighted by Crippen LogP contribution is 2.53. The molecular formula is C12H20O7S2. The van der Waals surface area contributed by atoms with Crippen molar-refractivity contribution in [2.45, 2.75) is 12.8 Å². The molecule has 1 heterocycles. The summed E-state index contributed by atoms with van der Waals surface area (Å²) in [5, 5.41) is 0. The molecule has 2 rings (SSSR count). The maximum absolute atomic E-state index is 11.3. The first-order chi connectivity index (χ1) is 9.58. The number of hydrogen-bond acceptors (Lipinski definition) is 7. The molecule has 7 nitrogen and oxygen atoms in total. The lowest BCUT2D eigenvalue weighted by Crippen LogP contribution is -2.49. The van der Waals surface area contributed by atoms with Gasteiger partial charge in [0.2, 0.25) is 0 Å². The SMILES string of the molecule is CS(=O)(=O)OC[C@@]12CC=CC[C@]1(COS(C)(=O)=O)COC2. The molecule has 0 aromatic rings. The van der Waals surface area contributed by atoms with Gasteiger partial charge >= 0.3 is 0 Å². The van der Waals surface area contributed by atoms with Crippen molar-refractivity contribution in [1.29, 1.82) is 0 Å². The summed E-state index contributed by atoms with van der Waals surface area (Å²) in [5.74, 6) is 0. The van der Waals surface area contributed by atoms with Crippen LogP contribution in [0.15, 0.2) is 12.2 Å². The van der Waals surface area contributed by atoms with Crippen molar-refractivity contribution >= 4 is 20.2 Å². The number of rotatable bonds is 6. The monoisotopic (exact) mass is 340 g/mol. The zero-order chi connectivity index (χ0) is 15.8. The number of ether oxygens (including phenoxy) is 1. The Labute approximate surface area is 125 Å². The number of fused-ring (bicyclic) bond motifs is 1. The van der Waals surface area contributed by atoms with Gasteiger partial charge in [0.25, 0.3) is 20.2 Å². The molecule has 0 unspecified atom stereocenters. The molecule has 9 heteroatoms. The molecule has 2 atom stereocenters. The van der Waals surface area contributed by atoms with E-state index in [-0.39, 0.29) is 13.2 Å². The molecule has 0 aromatic heterocycles. The summed E-state index contributed by atoms with van der Waals surface area (Å²) in [6.45, 7) is 0.562. The quantitative estimate of drug-likeness (QED) is 0.506. The summed E-state index contributed by atoms with van der Waals surface area (Å²) in [6, 6.07) is 0. The van der Waals surface area contributed by atoms with Crippen LogP contribution in [-0.4, -0.2) is 55.8 Å². The van der Waals surface area contributed by atoms with E-state index in [1.807, 2.05) is 12.2 Å². The van der Waals surface area contributed by atoms with Crippen LogP contribution in [0.4, 0.5) is 0 Å². The van der Waals surface area contributed by atoms with Gasteiger partial charge in [0, 0.05) is 10.8 Å². The van der Waals surface area contributed by atoms with Crippen LogP contribution in [0.2, 0.25) is 0 Å². The Kier molecular flexibility index (Phi) is 4.52. The summed E-state index contributed by atoms with van der Waals surface area (Å²) in [4.78, 5) is 0. The summed E-state index contributed by atoms with van der Waals surface area (Å²) >= 11 is 0. The van der Waals surface area contributed by atoms with Gasteiger partial charge in [-0.3, -0.25) is 8.37 Å². The molecule has 21 heavy (non-hydrogen) atoms. The van der Waals surface area contributed by atoms with E-state index in [1.165, 1.54) is 0 Å². The average Bonchev–Trinajstić information content (AvgIpc) is 2.72. The molecule has 0 N–H and O–H groups in total. The lowest BCUT2D eigenvalue weighted by molar-refractivity contribution is 0.000995. The molecule has 1 saturated heterocycles. The van der Waals surface area contributed by atoms with E-state index < -0.39 is 31.1 Å². The molecule has 0 spiro atoms. The smallest absolute Gasteiger partial charge is 0.264 e. The predicted molar refractivity (Wildman–Crippen MR) is 75.7 cm³/mol. The third-order valence-electron chi connectivity index (χ3n) is 4.16. The van der Waals surface area contributed by atoms with E-state index in [4.69, 9.17) is 13.1 Å². The summed E-state index contributed by atoms with van der Waals surface area (Å²) in [5.41, 5.74) is -1.18. The molecule has 1 aliphatic heterocycles. The van der Waals surface area contributed by atoms with Crippen LogP contribution in [-0.2, 0) is 33.3 Å². The third kappa shape index (κ3) is 3.84. The van der Waals surface area contributed by atoms with Crippen LogP contribution in [0.5, 0.6) is 0 Å². The van der Waals surface area contributed by atoms with Crippen LogP contribution < -0.4 is 0 Å². The van der Waals surface area contributed by atoms with E-state index in [1.54, 1.807) is 0 Å². The van der Waals surface area contributed by atoms with E-state index in [9.17, 15) is 16.8 Å². The molecule has 1 aliphatic carbocycles. The van der Waals surface area contributed by atoms with E-state index in [2.05, 4.69) is 0 Å². The first-order valence-corrected chi connectivity index (χ1v) is 10.1. The minimum Gasteiger partial charge on any atom is -0.380 e. The Morgan fingerprint density at radius 1 is 0.905 bits per heavy atom. The van der Waals surface area contributed by atoms with Crippen LogP contribution in [0.3, 0.4) is 0 Å². The molecule has 0 amide bonds. The fraction of sp³-hybridized carbons (Fsp3) is 0.833. The highest BCUT2D eigenvalue weighted by atomic mass is 32.2. The molecule has 0 bridgehead atoms. The minimum atomic E-state index is -3.58. The zero-order valence-corrected chi connectivity index (χ0v) is 13.7. The normalized spacial score (nSPS) is 33.0. The van der Waals surface area contributed by atoms with Gasteiger partial charge in [0.15, 0.2) is 0 Å². The fourth-order valence-corrected chi connectivity index (χ4v) is 3.74. The Morgan fingerprint density at radius 3 is 1.62 bits per heavy atom. The first-order valence-electron chi connectivity index (χ1n) is 6.49. The maximum atomic E-state index is 11.3. The molecule has 0 radical (unpaired) electrons. The second-order valence-corrected chi connectivity index (χ2v) is 9.15. The number of hydrogen-bond donors (Lipinski definition) is 0. The topological polar surface area (TPSA) is 96.0 Å². The first kappa shape index (κ1) is 16.9. The number of allylic oxidation sites excluding steroid dienone is 2. The van der Waals surface area contributed by atoms with Gasteiger partial charge in [-0.05, 0) is 12.8 Å². The molecule has 2 aliphatic rings. The third-order valence-corrected chi connectivity index (χ3v) is 5.26. The van der Waals surface area contributed by atoms with Gasteiger partial charge in [0.1, 0.15) is 0 Å². The highest BCUT2D eigenvalue weighted by Gasteiger charge is 2.57. The van der Waals surface area contributed by atoms with Gasteiger partial charge in [-0.2, -0.15) is 16.8 Å². The highest BCUT2D eigenvalue weighted by molar-refractivity contribution is 7.86. The second-order valence-electron chi connectivity index (χ2n) is 5.87. The molecule has 0 saturated carbocycles. The Balaban J connectivity index is 2.24. The fourth-order valence-electron chi connectivity index (χ4n) is 2.86. The van der Waals surface area contributed by atoms with Crippen LogP contribution >= 0.6 is 0 Å². The summed E-state index contributed by atoms with van der Waals surface area (Å²) < 4.78 is 60.6. The minimum absolute atomic E-state index is 0.0384. The van der Waals surface area contributed by atoms with Crippen molar-refractivity contribution in [3.05, 3.63) is 12.2 Å². The van der Waals surface area contributed by atoms with Crippen molar-refractivity contribution in [2.75, 3.05) is 38.9 Å². The van der Waals surface area contributed by atoms with Crippen molar-refractivity contribution in [1.82, 2.24) is 0 Å². The molecule has 0 aromatic carbocycles. The van der Waals surface area contributed by atoms with Crippen LogP contribution in [0, 0.1) is 10.8 Å². The van der Waals surface area contributed by atoms with Gasteiger partial charge in [-0.15, -0.1) is 0 Å². The Bertz CT molecular complexity index is 568. The van der Waals surface area contributed by atoms with E-state index in [0.717, 1.165) is 12.5 Å². The van der Waals surface area contributed by atoms with Gasteiger partial charge in [-0.1, -0.05) is 12.2 Å². The van der Waals surface area contributed by atoms with Crippen molar-refractivity contribution < 1.29 is 29.9 Å². The standard InChI is InChI=1S/C12H20O7S2/c1-20(13,14)18-9-11-5-3-4-6-12(11,8-17-7-11)10-19-21(2,15)16/h3-4H,5-10H2,1-2H3/t11-,12+. The van der Waals surface area contributed by atoms with Crippen LogP contribution in [0.1, 0.15) is 12.8 Å². The van der Waals surface area contributed by atoms with Gasteiger partial charge in [-0.25, -0.2) is 0 Å². The Hall–Kier alpha value is -0.480. The lowest BCUT2D eigenvalue weighted by Gasteiger charge is -2.44. The average molecular weight is 340 g/mol. The van der Waals surface area contributed by atoms with E-state index >= 15 is 0 Å². The lowest BCUT2D eigenvalue weighted by atomic mass is 9.60. The molecular weight excluding hydrogens is 320 g/mol. The predicted octanol–water partition coefficient (Wildman–Crippen LogP) is 0.292. The molecule has 1 fully saturated rings. The largest absolute Gasteiger partial charge is 0.380 e. The summed E-state index contributed by atoms with van der Waals surface area (Å²) in [7, 11) is -7.15. The second kappa shape index (κ2) is 5.62. The van der Waals surface area contributed by atoms with Gasteiger partial charge in [0.05, 0.1) is 38.9 Å².